The van der Waals surface area contributed by atoms with E-state index in [1.807, 2.05) is 0 Å². The van der Waals surface area contributed by atoms with Crippen molar-refractivity contribution >= 4 is 27.9 Å². The van der Waals surface area contributed by atoms with E-state index >= 15 is 0 Å². The maximum atomic E-state index is 12.5. The number of carbonyl (C=O) groups excluding carboxylic acids is 1. The lowest BCUT2D eigenvalue weighted by Gasteiger charge is -2.31. The molecule has 1 unspecified atom stereocenters. The first-order valence-corrected chi connectivity index (χ1v) is 7.95. The van der Waals surface area contributed by atoms with Crippen molar-refractivity contribution in [2.75, 3.05) is 27.3 Å². The molecule has 2 rings (SSSR count). The molecule has 0 saturated carbocycles. The molecule has 1 atom stereocenters. The third kappa shape index (κ3) is 4.07. The fraction of sp³-hybridized carbons (Fsp3) is 0.467. The topological polar surface area (TPSA) is 88.1 Å². The standard InChI is InChI=1S/C15H19BrN2O5/c1-22-12-6-10(11(16)7-13(12)23-2)14(19)17-9-4-3-5-18(8-9)15(20)21/h6-7,9H,3-5,8H2,1-2H3,(H,17,19)(H,20,21). The Morgan fingerprint density at radius 1 is 1.30 bits per heavy atom. The van der Waals surface area contributed by atoms with Gasteiger partial charge in [0, 0.05) is 23.6 Å². The summed E-state index contributed by atoms with van der Waals surface area (Å²) in [7, 11) is 3.02. The van der Waals surface area contributed by atoms with Crippen LogP contribution < -0.4 is 14.8 Å². The number of carbonyl (C=O) groups is 2. The molecule has 0 bridgehead atoms. The highest BCUT2D eigenvalue weighted by molar-refractivity contribution is 9.10. The summed E-state index contributed by atoms with van der Waals surface area (Å²) in [6.07, 6.45) is 0.515. The van der Waals surface area contributed by atoms with Crippen LogP contribution in [0.2, 0.25) is 0 Å². The summed E-state index contributed by atoms with van der Waals surface area (Å²) >= 11 is 3.35. The number of benzene rings is 1. The monoisotopic (exact) mass is 386 g/mol. The number of hydrogen-bond donors (Lipinski definition) is 2. The van der Waals surface area contributed by atoms with Gasteiger partial charge in [0.1, 0.15) is 0 Å². The SMILES string of the molecule is COc1cc(Br)c(C(=O)NC2CCCN(C(=O)O)C2)cc1OC. The molecule has 126 valence electrons. The predicted octanol–water partition coefficient (Wildman–Crippen LogP) is 2.34. The van der Waals surface area contributed by atoms with Crippen LogP contribution in [-0.4, -0.2) is 55.4 Å². The van der Waals surface area contributed by atoms with Crippen LogP contribution in [0.4, 0.5) is 4.79 Å². The van der Waals surface area contributed by atoms with Gasteiger partial charge in [-0.2, -0.15) is 0 Å². The minimum absolute atomic E-state index is 0.202. The predicted molar refractivity (Wildman–Crippen MR) is 87.3 cm³/mol. The zero-order valence-electron chi connectivity index (χ0n) is 13.0. The zero-order chi connectivity index (χ0) is 17.0. The Kier molecular flexibility index (Phi) is 5.70. The van der Waals surface area contributed by atoms with Crippen LogP contribution in [0.3, 0.4) is 0 Å². The summed E-state index contributed by atoms with van der Waals surface area (Å²) < 4.78 is 11.0. The number of halogens is 1. The number of piperidine rings is 1. The van der Waals surface area contributed by atoms with Crippen LogP contribution in [-0.2, 0) is 0 Å². The second-order valence-electron chi connectivity index (χ2n) is 5.23. The number of likely N-dealkylation sites (tertiary alicyclic amines) is 1. The fourth-order valence-corrected chi connectivity index (χ4v) is 3.06. The number of methoxy groups -OCH3 is 2. The van der Waals surface area contributed by atoms with Crippen LogP contribution in [0.25, 0.3) is 0 Å². The van der Waals surface area contributed by atoms with Crippen molar-refractivity contribution in [2.24, 2.45) is 0 Å². The Bertz CT molecular complexity index is 608. The third-order valence-electron chi connectivity index (χ3n) is 3.74. The lowest BCUT2D eigenvalue weighted by Crippen LogP contribution is -2.49. The smallest absolute Gasteiger partial charge is 0.407 e. The van der Waals surface area contributed by atoms with Crippen molar-refractivity contribution in [3.63, 3.8) is 0 Å². The van der Waals surface area contributed by atoms with Crippen molar-refractivity contribution in [3.05, 3.63) is 22.2 Å². The Labute approximate surface area is 142 Å². The molecule has 1 aliphatic heterocycles. The maximum absolute atomic E-state index is 12.5. The van der Waals surface area contributed by atoms with Gasteiger partial charge < -0.3 is 24.8 Å². The van der Waals surface area contributed by atoms with Crippen LogP contribution >= 0.6 is 15.9 Å². The van der Waals surface area contributed by atoms with E-state index in [-0.39, 0.29) is 11.9 Å². The van der Waals surface area contributed by atoms with Gasteiger partial charge in [0.2, 0.25) is 0 Å². The van der Waals surface area contributed by atoms with Gasteiger partial charge >= 0.3 is 6.09 Å². The average molecular weight is 387 g/mol. The fourth-order valence-electron chi connectivity index (χ4n) is 2.56. The third-order valence-corrected chi connectivity index (χ3v) is 4.40. The lowest BCUT2D eigenvalue weighted by molar-refractivity contribution is 0.0887. The van der Waals surface area contributed by atoms with Gasteiger partial charge in [-0.3, -0.25) is 4.79 Å². The van der Waals surface area contributed by atoms with E-state index in [0.29, 0.717) is 34.6 Å². The number of nitrogens with zero attached hydrogens (tertiary/aromatic N) is 1. The summed E-state index contributed by atoms with van der Waals surface area (Å²) in [6.45, 7) is 0.799. The number of rotatable bonds is 4. The molecule has 2 amide bonds. The second kappa shape index (κ2) is 7.54. The highest BCUT2D eigenvalue weighted by Gasteiger charge is 2.25. The number of hydrogen-bond acceptors (Lipinski definition) is 4. The van der Waals surface area contributed by atoms with E-state index in [4.69, 9.17) is 14.6 Å². The van der Waals surface area contributed by atoms with E-state index in [1.54, 1.807) is 12.1 Å². The highest BCUT2D eigenvalue weighted by Crippen LogP contribution is 2.33. The van der Waals surface area contributed by atoms with Gasteiger partial charge in [0.15, 0.2) is 11.5 Å². The molecule has 23 heavy (non-hydrogen) atoms. The average Bonchev–Trinajstić information content (AvgIpc) is 2.54. The largest absolute Gasteiger partial charge is 0.493 e. The van der Waals surface area contributed by atoms with Crippen molar-refractivity contribution in [1.82, 2.24) is 10.2 Å². The highest BCUT2D eigenvalue weighted by atomic mass is 79.9. The van der Waals surface area contributed by atoms with E-state index in [0.717, 1.165) is 12.8 Å². The van der Waals surface area contributed by atoms with Crippen molar-refractivity contribution in [2.45, 2.75) is 18.9 Å². The van der Waals surface area contributed by atoms with Crippen molar-refractivity contribution in [3.8, 4) is 11.5 Å². The van der Waals surface area contributed by atoms with Crippen molar-refractivity contribution < 1.29 is 24.2 Å². The van der Waals surface area contributed by atoms with Crippen LogP contribution in [0.5, 0.6) is 11.5 Å². The number of amides is 2. The molecular weight excluding hydrogens is 368 g/mol. The minimum atomic E-state index is -0.962. The second-order valence-corrected chi connectivity index (χ2v) is 6.08. The van der Waals surface area contributed by atoms with Gasteiger partial charge in [-0.05, 0) is 40.9 Å². The molecule has 7 nitrogen and oxygen atoms in total. The van der Waals surface area contributed by atoms with Gasteiger partial charge in [0.25, 0.3) is 5.91 Å². The van der Waals surface area contributed by atoms with Gasteiger partial charge in [-0.25, -0.2) is 4.79 Å². The summed E-state index contributed by atoms with van der Waals surface area (Å²) in [5.41, 5.74) is 0.412. The van der Waals surface area contributed by atoms with Crippen LogP contribution in [0.15, 0.2) is 16.6 Å². The summed E-state index contributed by atoms with van der Waals surface area (Å²) in [5, 5.41) is 11.9. The molecule has 1 saturated heterocycles. The first kappa shape index (κ1) is 17.4. The van der Waals surface area contributed by atoms with E-state index in [9.17, 15) is 9.59 Å². The molecule has 1 aliphatic rings. The molecule has 0 radical (unpaired) electrons. The van der Waals surface area contributed by atoms with Gasteiger partial charge in [0.05, 0.1) is 19.8 Å². The maximum Gasteiger partial charge on any atom is 0.407 e. The van der Waals surface area contributed by atoms with E-state index < -0.39 is 6.09 Å². The number of ether oxygens (including phenoxy) is 2. The summed E-state index contributed by atoms with van der Waals surface area (Å²) in [5.74, 6) is 0.692. The molecule has 1 fully saturated rings. The van der Waals surface area contributed by atoms with Gasteiger partial charge in [-0.15, -0.1) is 0 Å². The van der Waals surface area contributed by atoms with Gasteiger partial charge in [-0.1, -0.05) is 0 Å². The molecule has 1 aromatic carbocycles. The Morgan fingerprint density at radius 2 is 1.96 bits per heavy atom. The van der Waals surface area contributed by atoms with E-state index in [2.05, 4.69) is 21.2 Å². The Balaban J connectivity index is 2.13. The van der Waals surface area contributed by atoms with Crippen LogP contribution in [0, 0.1) is 0 Å². The lowest BCUT2D eigenvalue weighted by atomic mass is 10.1. The Hall–Kier alpha value is -1.96. The van der Waals surface area contributed by atoms with Crippen molar-refractivity contribution in [1.29, 1.82) is 0 Å². The first-order valence-electron chi connectivity index (χ1n) is 7.16. The molecule has 1 aromatic rings. The summed E-state index contributed by atoms with van der Waals surface area (Å²) in [4.78, 5) is 24.8. The number of carboxylic acid groups (broad SMARTS) is 1. The molecule has 0 spiro atoms. The molecular formula is C15H19BrN2O5. The Morgan fingerprint density at radius 3 is 2.57 bits per heavy atom. The van der Waals surface area contributed by atoms with Crippen LogP contribution in [0.1, 0.15) is 23.2 Å². The molecule has 0 aliphatic carbocycles. The molecule has 1 heterocycles. The number of nitrogens with one attached hydrogen (secondary N) is 1. The molecule has 0 aromatic heterocycles. The minimum Gasteiger partial charge on any atom is -0.493 e. The summed E-state index contributed by atoms with van der Waals surface area (Å²) in [6, 6.07) is 3.06. The first-order chi connectivity index (χ1) is 11.0. The van der Waals surface area contributed by atoms with E-state index in [1.165, 1.54) is 19.1 Å². The zero-order valence-corrected chi connectivity index (χ0v) is 14.6. The quantitative estimate of drug-likeness (QED) is 0.828. The normalized spacial score (nSPS) is 17.5. The molecule has 2 N–H and O–H groups in total. The molecule has 8 heteroatoms.